The highest BCUT2D eigenvalue weighted by atomic mass is 16.5. The van der Waals surface area contributed by atoms with Crippen LogP contribution in [0.2, 0.25) is 0 Å². The summed E-state index contributed by atoms with van der Waals surface area (Å²) in [6.07, 6.45) is 1.03. The Morgan fingerprint density at radius 2 is 1.95 bits per heavy atom. The summed E-state index contributed by atoms with van der Waals surface area (Å²) in [6.45, 7) is 5.43. The molecular weight excluding hydrogens is 240 g/mol. The van der Waals surface area contributed by atoms with Crippen molar-refractivity contribution in [2.24, 2.45) is 0 Å². The molecule has 3 rings (SSSR count). The van der Waals surface area contributed by atoms with E-state index in [2.05, 4.69) is 11.4 Å². The third-order valence-electron chi connectivity index (χ3n) is 3.80. The Labute approximate surface area is 113 Å². The van der Waals surface area contributed by atoms with Crippen molar-refractivity contribution in [1.82, 2.24) is 4.90 Å². The molecule has 1 saturated heterocycles. The first kappa shape index (κ1) is 12.5. The van der Waals surface area contributed by atoms with Crippen molar-refractivity contribution in [1.29, 1.82) is 0 Å². The maximum Gasteiger partial charge on any atom is 0.245 e. The van der Waals surface area contributed by atoms with E-state index in [1.54, 1.807) is 0 Å². The first-order valence-corrected chi connectivity index (χ1v) is 6.92. The van der Waals surface area contributed by atoms with Gasteiger partial charge in [-0.25, -0.2) is 0 Å². The Balaban J connectivity index is 1.69. The second kappa shape index (κ2) is 4.85. The Kier molecular flexibility index (Phi) is 3.19. The van der Waals surface area contributed by atoms with Crippen molar-refractivity contribution < 1.29 is 9.53 Å². The van der Waals surface area contributed by atoms with Crippen LogP contribution in [0.1, 0.15) is 19.4 Å². The van der Waals surface area contributed by atoms with Crippen molar-refractivity contribution in [3.8, 4) is 0 Å². The van der Waals surface area contributed by atoms with Gasteiger partial charge in [-0.1, -0.05) is 18.2 Å². The molecule has 4 nitrogen and oxygen atoms in total. The topological polar surface area (TPSA) is 41.6 Å². The molecule has 1 aromatic carbocycles. The number of anilines is 1. The maximum absolute atomic E-state index is 12.6. The predicted octanol–water partition coefficient (Wildman–Crippen LogP) is 1.66. The van der Waals surface area contributed by atoms with Gasteiger partial charge in [0, 0.05) is 25.2 Å². The van der Waals surface area contributed by atoms with Gasteiger partial charge >= 0.3 is 0 Å². The fourth-order valence-electron chi connectivity index (χ4n) is 3.03. The molecule has 3 unspecified atom stereocenters. The van der Waals surface area contributed by atoms with E-state index in [4.69, 9.17) is 4.74 Å². The number of carbonyl (C=O) groups is 1. The van der Waals surface area contributed by atoms with Crippen LogP contribution in [0, 0.1) is 0 Å². The van der Waals surface area contributed by atoms with Crippen LogP contribution in [0.4, 0.5) is 5.69 Å². The SMILES string of the molecule is CC1CN(C(=O)C2Cc3ccccc3N2)CC(C)O1. The molecule has 0 aliphatic carbocycles. The first-order chi connectivity index (χ1) is 9.13. The molecule has 19 heavy (non-hydrogen) atoms. The van der Waals surface area contributed by atoms with Crippen LogP contribution >= 0.6 is 0 Å². The normalized spacial score (nSPS) is 29.8. The van der Waals surface area contributed by atoms with Crippen LogP contribution in [0.5, 0.6) is 0 Å². The number of fused-ring (bicyclic) bond motifs is 1. The Hall–Kier alpha value is -1.55. The van der Waals surface area contributed by atoms with Crippen molar-refractivity contribution >= 4 is 11.6 Å². The van der Waals surface area contributed by atoms with E-state index < -0.39 is 0 Å². The second-order valence-electron chi connectivity index (χ2n) is 5.56. The number of ether oxygens (including phenoxy) is 1. The summed E-state index contributed by atoms with van der Waals surface area (Å²) in [5.74, 6) is 0.193. The molecule has 0 saturated carbocycles. The van der Waals surface area contributed by atoms with Crippen molar-refractivity contribution in [2.75, 3.05) is 18.4 Å². The molecule has 4 heteroatoms. The molecule has 1 N–H and O–H groups in total. The van der Waals surface area contributed by atoms with Gasteiger partial charge in [-0.3, -0.25) is 4.79 Å². The average molecular weight is 260 g/mol. The summed E-state index contributed by atoms with van der Waals surface area (Å²) in [5, 5.41) is 3.33. The van der Waals surface area contributed by atoms with Crippen LogP contribution in [0.15, 0.2) is 24.3 Å². The van der Waals surface area contributed by atoms with E-state index >= 15 is 0 Å². The molecule has 0 aromatic heterocycles. The van der Waals surface area contributed by atoms with Crippen LogP contribution < -0.4 is 5.32 Å². The number of hydrogen-bond acceptors (Lipinski definition) is 3. The zero-order valence-corrected chi connectivity index (χ0v) is 11.4. The van der Waals surface area contributed by atoms with E-state index in [0.29, 0.717) is 13.1 Å². The quantitative estimate of drug-likeness (QED) is 0.835. The minimum Gasteiger partial charge on any atom is -0.373 e. The number of carbonyl (C=O) groups excluding carboxylic acids is 1. The minimum atomic E-state index is -0.116. The molecule has 2 aliphatic heterocycles. The molecule has 1 fully saturated rings. The lowest BCUT2D eigenvalue weighted by atomic mass is 10.1. The highest BCUT2D eigenvalue weighted by Crippen LogP contribution is 2.26. The minimum absolute atomic E-state index is 0.116. The third-order valence-corrected chi connectivity index (χ3v) is 3.80. The number of nitrogens with one attached hydrogen (secondary N) is 1. The van der Waals surface area contributed by atoms with Gasteiger partial charge in [0.1, 0.15) is 6.04 Å². The van der Waals surface area contributed by atoms with Gasteiger partial charge in [0.15, 0.2) is 0 Å². The van der Waals surface area contributed by atoms with Gasteiger partial charge in [0.25, 0.3) is 0 Å². The second-order valence-corrected chi connectivity index (χ2v) is 5.56. The van der Waals surface area contributed by atoms with Crippen LogP contribution in [0.25, 0.3) is 0 Å². The van der Waals surface area contributed by atoms with Gasteiger partial charge in [-0.05, 0) is 25.5 Å². The fourth-order valence-corrected chi connectivity index (χ4v) is 3.03. The van der Waals surface area contributed by atoms with Crippen LogP contribution in [-0.2, 0) is 16.0 Å². The van der Waals surface area contributed by atoms with Crippen LogP contribution in [-0.4, -0.2) is 42.1 Å². The molecule has 1 amide bonds. The summed E-state index contributed by atoms with van der Waals surface area (Å²) in [6, 6.07) is 8.02. The van der Waals surface area contributed by atoms with E-state index in [1.165, 1.54) is 5.56 Å². The largest absolute Gasteiger partial charge is 0.373 e. The number of hydrogen-bond donors (Lipinski definition) is 1. The van der Waals surface area contributed by atoms with E-state index in [0.717, 1.165) is 12.1 Å². The average Bonchev–Trinajstić information content (AvgIpc) is 2.80. The van der Waals surface area contributed by atoms with Gasteiger partial charge in [0.05, 0.1) is 12.2 Å². The summed E-state index contributed by atoms with van der Waals surface area (Å²) >= 11 is 0. The fraction of sp³-hybridized carbons (Fsp3) is 0.533. The smallest absolute Gasteiger partial charge is 0.245 e. The molecule has 0 spiro atoms. The number of nitrogens with zero attached hydrogens (tertiary/aromatic N) is 1. The number of morpholine rings is 1. The van der Waals surface area contributed by atoms with E-state index in [1.807, 2.05) is 36.9 Å². The Morgan fingerprint density at radius 3 is 2.63 bits per heavy atom. The monoisotopic (exact) mass is 260 g/mol. The first-order valence-electron chi connectivity index (χ1n) is 6.92. The molecule has 2 heterocycles. The lowest BCUT2D eigenvalue weighted by molar-refractivity contribution is -0.143. The van der Waals surface area contributed by atoms with Crippen molar-refractivity contribution in [3.63, 3.8) is 0 Å². The molecule has 0 bridgehead atoms. The van der Waals surface area contributed by atoms with E-state index in [-0.39, 0.29) is 24.2 Å². The van der Waals surface area contributed by atoms with Gasteiger partial charge < -0.3 is 15.0 Å². The Bertz CT molecular complexity index is 454. The number of benzene rings is 1. The highest BCUT2D eigenvalue weighted by molar-refractivity contribution is 5.87. The van der Waals surface area contributed by atoms with Gasteiger partial charge in [-0.2, -0.15) is 0 Å². The summed E-state index contributed by atoms with van der Waals surface area (Å²) in [4.78, 5) is 14.5. The van der Waals surface area contributed by atoms with Crippen molar-refractivity contribution in [2.45, 2.75) is 38.5 Å². The number of rotatable bonds is 1. The number of amides is 1. The lowest BCUT2D eigenvalue weighted by Crippen LogP contribution is -2.52. The molecule has 0 radical (unpaired) electrons. The highest BCUT2D eigenvalue weighted by Gasteiger charge is 2.33. The maximum atomic E-state index is 12.6. The molecule has 1 aromatic rings. The number of para-hydroxylation sites is 1. The molecule has 102 valence electrons. The van der Waals surface area contributed by atoms with Crippen LogP contribution in [0.3, 0.4) is 0 Å². The van der Waals surface area contributed by atoms with Crippen molar-refractivity contribution in [3.05, 3.63) is 29.8 Å². The standard InChI is InChI=1S/C15H20N2O2/c1-10-8-17(9-11(2)19-10)15(18)14-7-12-5-3-4-6-13(12)16-14/h3-6,10-11,14,16H,7-9H2,1-2H3. The zero-order valence-electron chi connectivity index (χ0n) is 11.4. The van der Waals surface area contributed by atoms with Gasteiger partial charge in [0.2, 0.25) is 5.91 Å². The summed E-state index contributed by atoms with van der Waals surface area (Å²) in [7, 11) is 0. The Morgan fingerprint density at radius 1 is 1.26 bits per heavy atom. The summed E-state index contributed by atoms with van der Waals surface area (Å²) < 4.78 is 5.68. The molecule has 2 aliphatic rings. The van der Waals surface area contributed by atoms with Gasteiger partial charge in [-0.15, -0.1) is 0 Å². The lowest BCUT2D eigenvalue weighted by Gasteiger charge is -2.36. The predicted molar refractivity (Wildman–Crippen MR) is 74.1 cm³/mol. The third kappa shape index (κ3) is 2.45. The van der Waals surface area contributed by atoms with E-state index in [9.17, 15) is 4.79 Å². The zero-order chi connectivity index (χ0) is 13.4. The molecular formula is C15H20N2O2. The molecule has 3 atom stereocenters. The summed E-state index contributed by atoms with van der Waals surface area (Å²) in [5.41, 5.74) is 2.32.